The van der Waals surface area contributed by atoms with Gasteiger partial charge in [0.25, 0.3) is 5.92 Å². The lowest BCUT2D eigenvalue weighted by atomic mass is 10.0. The molecule has 0 aliphatic heterocycles. The van der Waals surface area contributed by atoms with E-state index in [0.717, 1.165) is 0 Å². The molecule has 0 radical (unpaired) electrons. The molecule has 2 aliphatic rings. The molecule has 1 aromatic rings. The van der Waals surface area contributed by atoms with Crippen molar-refractivity contribution in [2.24, 2.45) is 17.8 Å². The molecule has 11 heteroatoms. The number of carbonyl (C=O) groups is 2. The van der Waals surface area contributed by atoms with Gasteiger partial charge in [-0.1, -0.05) is 30.3 Å². The highest BCUT2D eigenvalue weighted by Gasteiger charge is 2.70. The topological polar surface area (TPSA) is 75.3 Å². The van der Waals surface area contributed by atoms with Crippen LogP contribution in [-0.2, 0) is 20.4 Å². The molecule has 5 nitrogen and oxygen atoms in total. The fourth-order valence-electron chi connectivity index (χ4n) is 4.11. The van der Waals surface area contributed by atoms with E-state index in [4.69, 9.17) is 0 Å². The number of halogens is 5. The number of carbonyl (C=O) groups excluding carboxylic acids is 2. The van der Waals surface area contributed by atoms with Gasteiger partial charge < -0.3 is 10.6 Å². The van der Waals surface area contributed by atoms with Crippen molar-refractivity contribution in [2.75, 3.05) is 18.1 Å². The van der Waals surface area contributed by atoms with Gasteiger partial charge in [-0.15, -0.1) is 0 Å². The van der Waals surface area contributed by atoms with Gasteiger partial charge in [-0.2, -0.15) is 13.2 Å². The molecule has 0 spiro atoms. The molecular formula is C20H23F5N2O3S. The van der Waals surface area contributed by atoms with Crippen LogP contribution in [0.1, 0.15) is 30.9 Å². The Morgan fingerprint density at radius 2 is 1.87 bits per heavy atom. The summed E-state index contributed by atoms with van der Waals surface area (Å²) in [7, 11) is -1.98. The number of hydrogen-bond donors (Lipinski definition) is 2. The molecule has 5 atom stereocenters. The summed E-state index contributed by atoms with van der Waals surface area (Å²) >= 11 is 0. The Kier molecular flexibility index (Phi) is 7.02. The van der Waals surface area contributed by atoms with Gasteiger partial charge in [0.2, 0.25) is 11.8 Å². The maximum atomic E-state index is 13.8. The van der Waals surface area contributed by atoms with E-state index in [1.807, 2.05) is 0 Å². The molecule has 2 fully saturated rings. The molecule has 2 unspecified atom stereocenters. The van der Waals surface area contributed by atoms with Gasteiger partial charge >= 0.3 is 6.18 Å². The highest BCUT2D eigenvalue weighted by atomic mass is 32.2. The Morgan fingerprint density at radius 3 is 2.45 bits per heavy atom. The maximum Gasteiger partial charge on any atom is 0.390 e. The highest BCUT2D eigenvalue weighted by molar-refractivity contribution is 7.85. The van der Waals surface area contributed by atoms with Gasteiger partial charge in [0.05, 0.1) is 18.4 Å². The molecule has 3 rings (SSSR count). The van der Waals surface area contributed by atoms with Gasteiger partial charge in [0.15, 0.2) is 0 Å². The largest absolute Gasteiger partial charge is 0.390 e. The number of alkyl halides is 5. The molecule has 0 aromatic heterocycles. The minimum absolute atomic E-state index is 0.108. The van der Waals surface area contributed by atoms with Crippen molar-refractivity contribution in [1.82, 2.24) is 10.6 Å². The van der Waals surface area contributed by atoms with Crippen molar-refractivity contribution >= 4 is 22.6 Å². The van der Waals surface area contributed by atoms with Crippen LogP contribution >= 0.6 is 0 Å². The van der Waals surface area contributed by atoms with E-state index in [2.05, 4.69) is 10.6 Å². The van der Waals surface area contributed by atoms with Crippen LogP contribution in [0, 0.1) is 17.8 Å². The van der Waals surface area contributed by atoms with E-state index >= 15 is 0 Å². The average molecular weight is 466 g/mol. The number of nitrogens with one attached hydrogen (secondary N) is 2. The van der Waals surface area contributed by atoms with Crippen molar-refractivity contribution in [1.29, 1.82) is 0 Å². The normalized spacial score (nSPS) is 25.9. The standard InChI is InChI=1S/C20H23F5N2O3S/c21-19(22)7-6-13-16(17(13)19)18(29)27-14(12-4-2-1-3-5-12)10-26-15(28)11-31(30)9-8-20(23,24)25/h1-5,13-14,16-17H,6-11H2,(H,26,28)(H,27,29)/t13-,14?,16+,17-,31?/m0/s1. The van der Waals surface area contributed by atoms with Crippen LogP contribution in [0.5, 0.6) is 0 Å². The van der Waals surface area contributed by atoms with Crippen LogP contribution in [0.3, 0.4) is 0 Å². The van der Waals surface area contributed by atoms with E-state index in [9.17, 15) is 35.8 Å². The first-order valence-corrected chi connectivity index (χ1v) is 11.4. The summed E-state index contributed by atoms with van der Waals surface area (Å²) in [4.78, 5) is 24.6. The Hall–Kier alpha value is -2.04. The fraction of sp³-hybridized carbons (Fsp3) is 0.600. The molecule has 2 N–H and O–H groups in total. The summed E-state index contributed by atoms with van der Waals surface area (Å²) in [6.07, 6.45) is -5.61. The van der Waals surface area contributed by atoms with Crippen molar-refractivity contribution < 1.29 is 35.8 Å². The number of rotatable bonds is 9. The Morgan fingerprint density at radius 1 is 1.19 bits per heavy atom. The average Bonchev–Trinajstić information content (AvgIpc) is 3.36. The summed E-state index contributed by atoms with van der Waals surface area (Å²) in [5.41, 5.74) is 0.631. The minimum atomic E-state index is -4.45. The first-order valence-electron chi connectivity index (χ1n) is 9.89. The minimum Gasteiger partial charge on any atom is -0.353 e. The summed E-state index contributed by atoms with van der Waals surface area (Å²) in [5.74, 6) is -7.38. The summed E-state index contributed by atoms with van der Waals surface area (Å²) in [5, 5.41) is 5.17. The summed E-state index contributed by atoms with van der Waals surface area (Å²) < 4.78 is 75.9. The molecule has 0 heterocycles. The second-order valence-electron chi connectivity index (χ2n) is 7.94. The zero-order chi connectivity index (χ0) is 22.8. The lowest BCUT2D eigenvalue weighted by molar-refractivity contribution is -0.130. The Bertz CT molecular complexity index is 834. The van der Waals surface area contributed by atoms with E-state index in [-0.39, 0.29) is 18.9 Å². The second-order valence-corrected chi connectivity index (χ2v) is 9.52. The third-order valence-electron chi connectivity index (χ3n) is 5.70. The number of fused-ring (bicyclic) bond motifs is 1. The zero-order valence-corrected chi connectivity index (χ0v) is 17.3. The van der Waals surface area contributed by atoms with Crippen molar-refractivity contribution in [3.8, 4) is 0 Å². The van der Waals surface area contributed by atoms with Crippen molar-refractivity contribution in [3.05, 3.63) is 35.9 Å². The smallest absolute Gasteiger partial charge is 0.353 e. The molecule has 2 amide bonds. The predicted molar refractivity (Wildman–Crippen MR) is 104 cm³/mol. The van der Waals surface area contributed by atoms with Crippen LogP contribution in [0.2, 0.25) is 0 Å². The molecule has 0 bridgehead atoms. The van der Waals surface area contributed by atoms with Gasteiger partial charge in [0, 0.05) is 35.4 Å². The van der Waals surface area contributed by atoms with Crippen LogP contribution in [0.15, 0.2) is 30.3 Å². The number of amides is 2. The maximum absolute atomic E-state index is 13.8. The second kappa shape index (κ2) is 9.22. The molecule has 172 valence electrons. The third-order valence-corrected chi connectivity index (χ3v) is 6.94. The first-order chi connectivity index (χ1) is 14.5. The van der Waals surface area contributed by atoms with E-state index in [1.54, 1.807) is 30.3 Å². The molecule has 2 aliphatic carbocycles. The SMILES string of the molecule is O=C(CS(=O)CCC(F)(F)F)NCC(NC(=O)[C@@H]1[C@@H]2CCC(F)(F)[C@@H]21)c1ccccc1. The third kappa shape index (κ3) is 6.24. The lowest BCUT2D eigenvalue weighted by Crippen LogP contribution is -2.40. The molecule has 0 saturated heterocycles. The molecule has 2 saturated carbocycles. The van der Waals surface area contributed by atoms with E-state index in [0.29, 0.717) is 12.0 Å². The van der Waals surface area contributed by atoms with Gasteiger partial charge in [-0.25, -0.2) is 8.78 Å². The van der Waals surface area contributed by atoms with Crippen LogP contribution in [0.25, 0.3) is 0 Å². The zero-order valence-electron chi connectivity index (χ0n) is 16.5. The van der Waals surface area contributed by atoms with E-state index in [1.165, 1.54) is 0 Å². The van der Waals surface area contributed by atoms with Crippen molar-refractivity contribution in [2.45, 2.75) is 37.4 Å². The van der Waals surface area contributed by atoms with Crippen molar-refractivity contribution in [3.63, 3.8) is 0 Å². The number of benzene rings is 1. The molecule has 1 aromatic carbocycles. The molecular weight excluding hydrogens is 443 g/mol. The van der Waals surface area contributed by atoms with Gasteiger partial charge in [0.1, 0.15) is 5.75 Å². The van der Waals surface area contributed by atoms with Crippen LogP contribution in [0.4, 0.5) is 22.0 Å². The van der Waals surface area contributed by atoms with E-state index < -0.39 is 70.5 Å². The fourth-order valence-corrected chi connectivity index (χ4v) is 5.11. The Labute approximate surface area is 178 Å². The van der Waals surface area contributed by atoms with Crippen LogP contribution in [-0.4, -0.2) is 46.2 Å². The lowest BCUT2D eigenvalue weighted by Gasteiger charge is -2.21. The van der Waals surface area contributed by atoms with Crippen LogP contribution < -0.4 is 10.6 Å². The monoisotopic (exact) mass is 466 g/mol. The number of hydrogen-bond acceptors (Lipinski definition) is 3. The summed E-state index contributed by atoms with van der Waals surface area (Å²) in [6, 6.07) is 7.85. The molecule has 31 heavy (non-hydrogen) atoms. The Balaban J connectivity index is 1.55. The first kappa shape index (κ1) is 23.6. The highest BCUT2D eigenvalue weighted by Crippen LogP contribution is 2.64. The summed E-state index contributed by atoms with van der Waals surface area (Å²) in [6.45, 7) is -0.108. The van der Waals surface area contributed by atoms with Gasteiger partial charge in [-0.05, 0) is 17.9 Å². The predicted octanol–water partition coefficient (Wildman–Crippen LogP) is 2.95. The van der Waals surface area contributed by atoms with Gasteiger partial charge in [-0.3, -0.25) is 13.8 Å². The quantitative estimate of drug-likeness (QED) is 0.550.